The van der Waals surface area contributed by atoms with Gasteiger partial charge in [0.25, 0.3) is 11.1 Å². The van der Waals surface area contributed by atoms with Gasteiger partial charge < -0.3 is 75.5 Å². The van der Waals surface area contributed by atoms with Crippen LogP contribution in [0.2, 0.25) is 0 Å². The van der Waals surface area contributed by atoms with Crippen molar-refractivity contribution in [3.63, 3.8) is 0 Å². The molecule has 12 N–H and O–H groups in total. The van der Waals surface area contributed by atoms with Crippen molar-refractivity contribution < 1.29 is 82.3 Å². The van der Waals surface area contributed by atoms with Crippen LogP contribution in [-0.4, -0.2) is 171 Å². The minimum Gasteiger partial charge on any atom is -0.480 e. The third kappa shape index (κ3) is 27.3. The molecule has 4 aromatic heterocycles. The highest BCUT2D eigenvalue weighted by Crippen LogP contribution is 2.41. The van der Waals surface area contributed by atoms with Crippen LogP contribution < -0.4 is 38.1 Å². The Balaban J connectivity index is 0.000000224. The molecule has 4 fully saturated rings. The van der Waals surface area contributed by atoms with Crippen molar-refractivity contribution in [2.75, 3.05) is 37.9 Å². The topological polar surface area (TPSA) is 454 Å². The van der Waals surface area contributed by atoms with Crippen molar-refractivity contribution in [1.29, 1.82) is 0 Å². The fourth-order valence-electron chi connectivity index (χ4n) is 8.37. The van der Waals surface area contributed by atoms with Gasteiger partial charge in [-0.2, -0.15) is 22.6 Å². The van der Waals surface area contributed by atoms with E-state index in [0.717, 1.165) is 39.4 Å². The molecule has 3 aromatic carbocycles. The fraction of sp³-hybridized carbons (Fsp3) is 0.468. The normalized spacial score (nSPS) is 22.7. The molecule has 548 valence electrons. The molecule has 14 atom stereocenters. The highest BCUT2D eigenvalue weighted by Gasteiger charge is 2.39. The quantitative estimate of drug-likeness (QED) is 0.0223. The first-order chi connectivity index (χ1) is 47.4. The number of thioether (sulfide) groups is 4. The Bertz CT molecular complexity index is 3940. The first-order valence-electron chi connectivity index (χ1n) is 30.4. The number of carboxylic acids is 3. The Labute approximate surface area is 608 Å². The van der Waals surface area contributed by atoms with Gasteiger partial charge in [-0.05, 0) is 65.2 Å². The number of thiazole rings is 2. The first-order valence-corrected chi connectivity index (χ1v) is 36.7. The number of esters is 2. The lowest BCUT2D eigenvalue weighted by Gasteiger charge is -2.16. The van der Waals surface area contributed by atoms with Crippen LogP contribution in [0.3, 0.4) is 0 Å². The van der Waals surface area contributed by atoms with Crippen LogP contribution in [0.25, 0.3) is 20.7 Å². The number of halogens is 1. The van der Waals surface area contributed by atoms with Crippen LogP contribution in [0, 0.1) is 0 Å². The van der Waals surface area contributed by atoms with Crippen LogP contribution in [-0.2, 0) is 81.7 Å². The number of benzene rings is 3. The molecule has 0 amide bonds. The maximum absolute atomic E-state index is 12.5. The molecule has 0 saturated carbocycles. The van der Waals surface area contributed by atoms with Crippen molar-refractivity contribution in [3.8, 4) is 0 Å². The lowest BCUT2D eigenvalue weighted by atomic mass is 10.2. The number of hydrogen-bond acceptors (Lipinski definition) is 30. The molecule has 0 radical (unpaired) electrons. The Morgan fingerprint density at radius 1 is 0.600 bits per heavy atom. The number of rotatable bonds is 19. The molecule has 7 aromatic rings. The molecule has 11 rings (SSSR count). The Hall–Kier alpha value is -6.53. The summed E-state index contributed by atoms with van der Waals surface area (Å²) in [5.74, 6) is -3.35. The van der Waals surface area contributed by atoms with Gasteiger partial charge in [0.05, 0.1) is 67.2 Å². The first kappa shape index (κ1) is 84.1. The molecule has 38 heteroatoms. The summed E-state index contributed by atoms with van der Waals surface area (Å²) in [6, 6.07) is 29.1. The molecule has 8 heterocycles. The number of fused-ring (bicyclic) bond motifs is 2. The van der Waals surface area contributed by atoms with Gasteiger partial charge in [0.1, 0.15) is 42.4 Å². The Morgan fingerprint density at radius 2 is 0.960 bits per heavy atom. The summed E-state index contributed by atoms with van der Waals surface area (Å²) in [6.07, 6.45) is -1.57. The molecule has 0 aliphatic carbocycles. The number of carboxylic acid groups (broad SMARTS) is 3. The number of nitrogens with zero attached hydrogens (tertiary/aromatic N) is 4. The molecule has 3 unspecified atom stereocenters. The zero-order valence-corrected chi connectivity index (χ0v) is 61.8. The summed E-state index contributed by atoms with van der Waals surface area (Å²) in [4.78, 5) is 111. The number of thiol groups is 1. The predicted octanol–water partition coefficient (Wildman–Crippen LogP) is 6.90. The van der Waals surface area contributed by atoms with Gasteiger partial charge in [-0.3, -0.25) is 62.3 Å². The molecule has 4 aliphatic heterocycles. The molecule has 0 bridgehead atoms. The van der Waals surface area contributed by atoms with E-state index in [1.165, 1.54) is 60.4 Å². The number of aromatic nitrogens is 6. The summed E-state index contributed by atoms with van der Waals surface area (Å²) in [6.45, 7) is 16.2. The van der Waals surface area contributed by atoms with Crippen molar-refractivity contribution >= 4 is 156 Å². The minimum atomic E-state index is -0.975. The maximum Gasteiger partial charge on any atom is 0.321 e. The number of aliphatic carboxylic acids is 3. The fourth-order valence-corrected chi connectivity index (χ4v) is 14.3. The summed E-state index contributed by atoms with van der Waals surface area (Å²) in [5, 5.41) is 31.5. The lowest BCUT2D eigenvalue weighted by Crippen LogP contribution is -2.26. The van der Waals surface area contributed by atoms with E-state index in [-0.39, 0.29) is 98.2 Å². The Kier molecular flexibility index (Phi) is 35.5. The number of aliphatic hydroxyl groups excluding tert-OH is 1. The second-order valence-corrected chi connectivity index (χ2v) is 31.1. The van der Waals surface area contributed by atoms with Crippen molar-refractivity contribution in [2.45, 2.75) is 153 Å². The zero-order valence-electron chi connectivity index (χ0n) is 55.2. The third-order valence-electron chi connectivity index (χ3n) is 13.2. The molecular formula is C62H80ClN9O21S7. The number of nitrogen functional groups attached to an aromatic ring is 2. The maximum atomic E-state index is 12.5. The van der Waals surface area contributed by atoms with Gasteiger partial charge in [-0.15, -0.1) is 58.6 Å². The second-order valence-electron chi connectivity index (χ2n) is 21.6. The van der Waals surface area contributed by atoms with E-state index in [1.807, 2.05) is 119 Å². The van der Waals surface area contributed by atoms with E-state index < -0.39 is 69.9 Å². The monoisotopic (exact) mass is 1550 g/mol. The number of carbonyl (C=O) groups is 5. The number of alkyl halides is 1. The number of aromatic amines is 2. The van der Waals surface area contributed by atoms with Crippen molar-refractivity contribution in [1.82, 2.24) is 29.1 Å². The van der Waals surface area contributed by atoms with Crippen LogP contribution >= 0.6 is 94.0 Å². The van der Waals surface area contributed by atoms with Gasteiger partial charge in [0.15, 0.2) is 29.2 Å². The highest BCUT2D eigenvalue weighted by atomic mass is 35.5. The molecule has 0 spiro atoms. The van der Waals surface area contributed by atoms with Crippen LogP contribution in [0.4, 0.5) is 11.9 Å². The van der Waals surface area contributed by atoms with E-state index in [4.69, 9.17) is 87.1 Å². The van der Waals surface area contributed by atoms with E-state index in [2.05, 4.69) is 32.6 Å². The number of anilines is 2. The van der Waals surface area contributed by atoms with E-state index in [9.17, 15) is 43.2 Å². The summed E-state index contributed by atoms with van der Waals surface area (Å²) in [5.41, 5.74) is 18.1. The van der Waals surface area contributed by atoms with Gasteiger partial charge in [-0.25, -0.2) is 0 Å². The van der Waals surface area contributed by atoms with Gasteiger partial charge >= 0.3 is 39.6 Å². The number of cyclic esters (lactones) is 1. The largest absolute Gasteiger partial charge is 0.480 e. The van der Waals surface area contributed by atoms with E-state index >= 15 is 0 Å². The molecular weight excluding hydrogens is 1470 g/mol. The second kappa shape index (κ2) is 42.2. The number of H-pyrrole nitrogens is 2. The number of aliphatic hydroxyl groups is 1. The average Bonchev–Trinajstić information content (AvgIpc) is 1.62. The number of nitrogens with one attached hydrogen (secondary N) is 2. The minimum absolute atomic E-state index is 0.00635. The molecule has 100 heavy (non-hydrogen) atoms. The number of hydrogen-bond donors (Lipinski definition) is 10. The number of nitrogens with two attached hydrogens (primary N) is 3. The van der Waals surface area contributed by atoms with Gasteiger partial charge in [0, 0.05) is 6.92 Å². The molecule has 4 aliphatic rings. The summed E-state index contributed by atoms with van der Waals surface area (Å²) < 4.78 is 47.6. The van der Waals surface area contributed by atoms with Gasteiger partial charge in [-0.1, -0.05) is 114 Å². The Morgan fingerprint density at radius 3 is 1.29 bits per heavy atom. The SMILES string of the molecule is CC(=O)OC1O[C@H](COCc2ccccc2)S[C@H]1C.C[C@@H](Cl)C(=O)O.C[C@@H](N)C(=O)O.C[C@@H]1S[C@@H](CO)OC1n1c(=O)sc2c(=O)[nH]c(N)nc21.C[C@@H]1S[C@@H](COCc2ccccc2)OC1=O.C[C@@H]1S[C@@H](COCc2ccccc2)OC1n1c(=O)sc2c(=O)[nH]c(N)nc21.C[C@H](S)C(=O)O. The predicted molar refractivity (Wildman–Crippen MR) is 390 cm³/mol. The zero-order chi connectivity index (χ0) is 73.9. The van der Waals surface area contributed by atoms with Crippen LogP contribution in [0.15, 0.2) is 110 Å². The number of carbonyl (C=O) groups excluding carboxylic acids is 2. The lowest BCUT2D eigenvalue weighted by molar-refractivity contribution is -0.177. The van der Waals surface area contributed by atoms with Crippen molar-refractivity contribution in [3.05, 3.63) is 148 Å². The highest BCUT2D eigenvalue weighted by molar-refractivity contribution is 8.01. The smallest absolute Gasteiger partial charge is 0.321 e. The number of ether oxygens (including phenoxy) is 8. The standard InChI is InChI=1S/C17H18N4O4S2.C14H18O4S.C12H14O3S.C10H12N4O4S2.C3H5ClO2.C3H7NO2.C3H6O2S/c1-9-15(21-13-12(27-17(21)23)14(22)20-16(18)19-13)25-11(26-9)8-24-7-10-5-3-2-4-6-10;1-10-14(17-11(2)15)18-13(19-10)9-16-8-12-6-4-3-5-7-12;1-9-12(13)15-11(16-9)8-14-7-10-5-3-2-4-6-10;1-3-8(18-4(2-15)19-3)14-6-5(20-10(14)17)7(16)13-9(11)12-6;2*1-2(4)3(5)6;1-2(6)3(4)5/h2-6,9,11,15H,7-8H2,1H3,(H3,18,19,20,22);3-7,10,13-14H,8-9H2,1-2H3;2-6,9,11H,7-8H2,1H3;3-4,8,15H,2H2,1H3,(H3,11,12,13,16);2H,1H3,(H,5,6);2H,4H2,1H3,(H,5,6);2,6H,1H3,(H,4,5)/t9-,11-,15?;10-,13-,14?;9-,11-;3-,4-,8?;3*2-/m0000110/s1. The third-order valence-corrected chi connectivity index (χ3v) is 20.3. The summed E-state index contributed by atoms with van der Waals surface area (Å²) in [7, 11) is 0. The van der Waals surface area contributed by atoms with E-state index in [1.54, 1.807) is 23.5 Å². The molecule has 4 saturated heterocycles. The van der Waals surface area contributed by atoms with Crippen LogP contribution in [0.5, 0.6) is 0 Å². The van der Waals surface area contributed by atoms with Gasteiger partial charge in [0.2, 0.25) is 18.2 Å². The van der Waals surface area contributed by atoms with E-state index in [0.29, 0.717) is 39.6 Å². The van der Waals surface area contributed by atoms with Crippen molar-refractivity contribution in [2.24, 2.45) is 5.73 Å². The average molecular weight is 1550 g/mol. The molecule has 30 nitrogen and oxygen atoms in total. The summed E-state index contributed by atoms with van der Waals surface area (Å²) >= 11 is 16.4. The van der Waals surface area contributed by atoms with Crippen LogP contribution in [0.1, 0.15) is 84.5 Å².